The molecule has 6 unspecified atom stereocenters. The third-order valence-corrected chi connectivity index (χ3v) is 28.5. The normalized spacial score (nSPS) is 22.9. The fourth-order valence-electron chi connectivity index (χ4n) is 22.5. The standard InChI is InChI=1S/C96H144/c1-55(2)19-25-61(13)31-37-67-43-73-75-45-68(38-32-62(14)26-20-56(3)4)47-77-79-49-70(40-34-64(16)28-22-58(7)8)51-81-83-53-72(42-36-66(18)30-24-60(11)12)54-84-82-52-71(41-35-65(17)29-23-59(9)10)50-80-78-48-69(39-33-63(15)27-21-57(5)6)46-76-74(44-67)85(73)91-92(86(75)77)94(88(79)81)96(90(83)84)95(89(80)82)93(91)87(76)78/h55-72H,19-54H2,1-18H3. The van der Waals surface area contributed by atoms with Gasteiger partial charge in [-0.05, 0) is 353 Å². The maximum Gasteiger partial charge on any atom is -0.000770 e. The van der Waals surface area contributed by atoms with E-state index >= 15 is 0 Å². The van der Waals surface area contributed by atoms with Gasteiger partial charge in [0.05, 0.1) is 0 Å². The van der Waals surface area contributed by atoms with Crippen molar-refractivity contribution in [2.45, 2.75) is 356 Å². The molecule has 0 aromatic heterocycles. The Bertz CT molecular complexity index is 2970. The minimum absolute atomic E-state index is 0.739. The summed E-state index contributed by atoms with van der Waals surface area (Å²) in [6.07, 6.45) is 49.4. The largest absolute Gasteiger partial charge is 0.0628 e. The summed E-state index contributed by atoms with van der Waals surface area (Å²) in [6, 6.07) is 0. The monoisotopic (exact) mass is 1300 g/mol. The molecule has 0 radical (unpaired) electrons. The lowest BCUT2D eigenvalue weighted by Gasteiger charge is -2.44. The van der Waals surface area contributed by atoms with E-state index in [0.717, 1.165) is 107 Å². The fourth-order valence-corrected chi connectivity index (χ4v) is 22.5. The highest BCUT2D eigenvalue weighted by Gasteiger charge is 2.45. The third-order valence-electron chi connectivity index (χ3n) is 28.5. The van der Waals surface area contributed by atoms with Crippen LogP contribution in [0.1, 0.15) is 345 Å². The van der Waals surface area contributed by atoms with Gasteiger partial charge in [-0.2, -0.15) is 0 Å². The van der Waals surface area contributed by atoms with Gasteiger partial charge in [-0.1, -0.05) is 240 Å². The topological polar surface area (TPSA) is 0 Å². The van der Waals surface area contributed by atoms with Gasteiger partial charge in [0, 0.05) is 0 Å². The molecule has 0 amide bonds. The third kappa shape index (κ3) is 14.5. The van der Waals surface area contributed by atoms with Crippen LogP contribution in [0.25, 0.3) is 64.6 Å². The number of benzene rings is 7. The highest BCUT2D eigenvalue weighted by atomic mass is 14.5. The van der Waals surface area contributed by atoms with Crippen molar-refractivity contribution in [2.75, 3.05) is 0 Å². The first-order chi connectivity index (χ1) is 46.0. The number of rotatable bonds is 36. The summed E-state index contributed by atoms with van der Waals surface area (Å²) in [5.74, 6) is 14.1. The molecule has 0 aliphatic heterocycles. The smallest absolute Gasteiger partial charge is 0.000770 e. The van der Waals surface area contributed by atoms with Crippen LogP contribution in [0.2, 0.25) is 0 Å². The minimum atomic E-state index is 0.739. The van der Waals surface area contributed by atoms with Gasteiger partial charge in [0.25, 0.3) is 0 Å². The van der Waals surface area contributed by atoms with Gasteiger partial charge < -0.3 is 0 Å². The van der Waals surface area contributed by atoms with Crippen LogP contribution in [-0.2, 0) is 77.0 Å². The van der Waals surface area contributed by atoms with Crippen molar-refractivity contribution in [3.8, 4) is 0 Å². The summed E-state index contributed by atoms with van der Waals surface area (Å²) in [5, 5.41) is 22.2. The van der Waals surface area contributed by atoms with Crippen LogP contribution >= 0.6 is 0 Å². The van der Waals surface area contributed by atoms with Crippen LogP contribution in [0.3, 0.4) is 0 Å². The van der Waals surface area contributed by atoms with Crippen LogP contribution in [0, 0.1) is 107 Å². The molecule has 0 saturated carbocycles. The molecule has 6 aliphatic rings. The summed E-state index contributed by atoms with van der Waals surface area (Å²) < 4.78 is 0. The quantitative estimate of drug-likeness (QED) is 0.0271. The highest BCUT2D eigenvalue weighted by molar-refractivity contribution is 6.48. The number of hydrogen-bond donors (Lipinski definition) is 0. The zero-order valence-electron chi connectivity index (χ0n) is 65.8. The lowest BCUT2D eigenvalue weighted by atomic mass is 9.60. The van der Waals surface area contributed by atoms with Crippen molar-refractivity contribution in [3.63, 3.8) is 0 Å². The molecule has 96 heavy (non-hydrogen) atoms. The molecule has 0 bridgehead atoms. The predicted octanol–water partition coefficient (Wildman–Crippen LogP) is 28.3. The number of fused-ring (bicyclic) bond motifs is 6. The Morgan fingerprint density at radius 1 is 0.156 bits per heavy atom. The second-order valence-corrected chi connectivity index (χ2v) is 39.8. The molecule has 0 saturated heterocycles. The van der Waals surface area contributed by atoms with Crippen molar-refractivity contribution in [1.29, 1.82) is 0 Å². The molecule has 6 aliphatic carbocycles. The zero-order chi connectivity index (χ0) is 67.7. The summed E-state index contributed by atoms with van der Waals surface area (Å²) in [6.45, 7) is 45.4. The van der Waals surface area contributed by atoms with E-state index in [-0.39, 0.29) is 0 Å². The van der Waals surface area contributed by atoms with E-state index in [1.54, 1.807) is 0 Å². The lowest BCUT2D eigenvalue weighted by molar-refractivity contribution is 0.354. The Morgan fingerprint density at radius 3 is 0.375 bits per heavy atom. The summed E-state index contributed by atoms with van der Waals surface area (Å²) in [7, 11) is 0. The summed E-state index contributed by atoms with van der Waals surface area (Å²) in [5.41, 5.74) is 22.9. The molecule has 0 N–H and O–H groups in total. The minimum Gasteiger partial charge on any atom is -0.0628 e. The molecular weight excluding hydrogens is 1150 g/mol. The molecule has 0 heterocycles. The van der Waals surface area contributed by atoms with Crippen LogP contribution in [-0.4, -0.2) is 0 Å². The number of hydrogen-bond acceptors (Lipinski definition) is 0. The van der Waals surface area contributed by atoms with Gasteiger partial charge in [0.15, 0.2) is 0 Å². The Balaban J connectivity index is 1.09. The first-order valence-corrected chi connectivity index (χ1v) is 42.8. The van der Waals surface area contributed by atoms with E-state index < -0.39 is 0 Å². The lowest BCUT2D eigenvalue weighted by Crippen LogP contribution is -2.29. The summed E-state index contributed by atoms with van der Waals surface area (Å²) >= 11 is 0. The Morgan fingerprint density at radius 2 is 0.271 bits per heavy atom. The van der Waals surface area contributed by atoms with E-state index in [9.17, 15) is 0 Å². The molecule has 0 heteroatoms. The van der Waals surface area contributed by atoms with Gasteiger partial charge in [0.1, 0.15) is 0 Å². The zero-order valence-corrected chi connectivity index (χ0v) is 65.8. The predicted molar refractivity (Wildman–Crippen MR) is 425 cm³/mol. The van der Waals surface area contributed by atoms with Gasteiger partial charge in [0.2, 0.25) is 0 Å². The maximum absolute atomic E-state index is 2.64. The molecule has 13 rings (SSSR count). The molecule has 7 aromatic carbocycles. The van der Waals surface area contributed by atoms with Crippen molar-refractivity contribution < 1.29 is 0 Å². The highest BCUT2D eigenvalue weighted by Crippen LogP contribution is 2.63. The van der Waals surface area contributed by atoms with Gasteiger partial charge >= 0.3 is 0 Å². The van der Waals surface area contributed by atoms with E-state index in [1.165, 1.54) is 231 Å². The van der Waals surface area contributed by atoms with Crippen molar-refractivity contribution in [2.24, 2.45) is 107 Å². The molecular formula is C96H144. The maximum atomic E-state index is 2.64. The summed E-state index contributed by atoms with van der Waals surface area (Å²) in [4.78, 5) is 0. The second-order valence-electron chi connectivity index (χ2n) is 39.8. The second kappa shape index (κ2) is 30.1. The average molecular weight is 1300 g/mol. The first-order valence-electron chi connectivity index (χ1n) is 42.8. The van der Waals surface area contributed by atoms with Crippen molar-refractivity contribution >= 4 is 64.6 Å². The van der Waals surface area contributed by atoms with Crippen LogP contribution in [0.5, 0.6) is 0 Å². The Kier molecular flexibility index (Phi) is 22.3. The Labute approximate surface area is 590 Å². The molecule has 0 spiro atoms. The van der Waals surface area contributed by atoms with Crippen molar-refractivity contribution in [1.82, 2.24) is 0 Å². The van der Waals surface area contributed by atoms with Gasteiger partial charge in [-0.25, -0.2) is 0 Å². The average Bonchev–Trinajstić information content (AvgIpc) is 0.644. The Hall–Kier alpha value is -3.12. The fraction of sp³-hybridized carbons (Fsp3) is 0.750. The molecule has 0 fully saturated rings. The van der Waals surface area contributed by atoms with Crippen LogP contribution in [0.15, 0.2) is 0 Å². The first kappa shape index (κ1) is 71.3. The molecule has 7 aromatic rings. The van der Waals surface area contributed by atoms with E-state index in [2.05, 4.69) is 125 Å². The van der Waals surface area contributed by atoms with E-state index in [1.807, 2.05) is 131 Å². The molecule has 6 atom stereocenters. The van der Waals surface area contributed by atoms with Crippen LogP contribution < -0.4 is 0 Å². The van der Waals surface area contributed by atoms with Gasteiger partial charge in [-0.3, -0.25) is 0 Å². The molecule has 528 valence electrons. The van der Waals surface area contributed by atoms with E-state index in [0.29, 0.717) is 0 Å². The van der Waals surface area contributed by atoms with Gasteiger partial charge in [-0.15, -0.1) is 0 Å². The van der Waals surface area contributed by atoms with E-state index in [4.69, 9.17) is 0 Å². The SMILES string of the molecule is CC(C)CCC(C)CCC1Cc2c3c4c(c5c6c(c7c8c(c9c%10c(c%11c%12c(c(c2c2c4c6c8c%10c%122)C1)CC(CCC(C)CCC(C)C)C%11)CC(CCC(C)CCC(C)C)C9)CC(CCC(C)CCC(C)C)C7)CC(CCC(C)CCC(C)C)C5)CC(CCC(C)CCC(C)C)C3. The van der Waals surface area contributed by atoms with Crippen molar-refractivity contribution in [3.05, 3.63) is 66.8 Å². The van der Waals surface area contributed by atoms with Crippen LogP contribution in [0.4, 0.5) is 0 Å². The molecule has 0 nitrogen and oxygen atoms in total.